The molecule has 5 heteroatoms. The minimum atomic E-state index is -0.705. The van der Waals surface area contributed by atoms with E-state index < -0.39 is 10.8 Å². The molecule has 1 fully saturated rings. The normalized spacial score (nSPS) is 20.9. The third-order valence-electron chi connectivity index (χ3n) is 2.43. The highest BCUT2D eigenvalue weighted by atomic mass is 32.2. The van der Waals surface area contributed by atoms with E-state index in [0.29, 0.717) is 11.0 Å². The van der Waals surface area contributed by atoms with Gasteiger partial charge in [-0.15, -0.1) is 11.3 Å². The zero-order valence-corrected chi connectivity index (χ0v) is 9.57. The predicted octanol–water partition coefficient (Wildman–Crippen LogP) is 1.14. The summed E-state index contributed by atoms with van der Waals surface area (Å²) in [7, 11) is -0.705. The van der Waals surface area contributed by atoms with Gasteiger partial charge in [-0.05, 0) is 25.9 Å². The molecule has 1 unspecified atom stereocenters. The fourth-order valence-electron chi connectivity index (χ4n) is 1.63. The topological polar surface area (TPSA) is 42.0 Å². The van der Waals surface area contributed by atoms with E-state index in [4.69, 9.17) is 0 Å². The number of hydrogen-bond donors (Lipinski definition) is 1. The lowest BCUT2D eigenvalue weighted by molar-refractivity contribution is 0.519. The van der Waals surface area contributed by atoms with E-state index in [1.807, 2.05) is 6.20 Å². The Labute approximate surface area is 90.4 Å². The lowest BCUT2D eigenvalue weighted by Crippen LogP contribution is -2.33. The summed E-state index contributed by atoms with van der Waals surface area (Å²) in [5, 5.41) is 3.67. The summed E-state index contributed by atoms with van der Waals surface area (Å²) in [5.74, 6) is 0.690. The smallest absolute Gasteiger partial charge is 0.0794 e. The molecule has 2 rings (SSSR count). The monoisotopic (exact) mass is 230 g/mol. The average Bonchev–Trinajstić information content (AvgIpc) is 2.72. The Morgan fingerprint density at radius 1 is 1.57 bits per heavy atom. The van der Waals surface area contributed by atoms with Crippen LogP contribution in [0, 0.1) is 0 Å². The highest BCUT2D eigenvalue weighted by Gasteiger charge is 2.19. The van der Waals surface area contributed by atoms with Gasteiger partial charge in [-0.3, -0.25) is 9.19 Å². The van der Waals surface area contributed by atoms with Gasteiger partial charge in [0, 0.05) is 27.1 Å². The third kappa shape index (κ3) is 2.62. The number of hydrogen-bond acceptors (Lipinski definition) is 4. The molecule has 0 spiro atoms. The van der Waals surface area contributed by atoms with Crippen LogP contribution in [0.5, 0.6) is 0 Å². The Bertz CT molecular complexity index is 294. The number of thiazole rings is 1. The molecule has 1 aliphatic rings. The van der Waals surface area contributed by atoms with Gasteiger partial charge in [-0.1, -0.05) is 0 Å². The van der Waals surface area contributed by atoms with Crippen LogP contribution in [0.25, 0.3) is 0 Å². The van der Waals surface area contributed by atoms with E-state index in [1.54, 1.807) is 16.8 Å². The summed E-state index contributed by atoms with van der Waals surface area (Å²) in [6.07, 6.45) is 3.92. The van der Waals surface area contributed by atoms with Gasteiger partial charge in [0.15, 0.2) is 0 Å². The van der Waals surface area contributed by atoms with Gasteiger partial charge < -0.3 is 5.32 Å². The molecule has 1 aromatic rings. The summed E-state index contributed by atoms with van der Waals surface area (Å²) in [5.41, 5.74) is 1.80. The van der Waals surface area contributed by atoms with E-state index >= 15 is 0 Å². The van der Waals surface area contributed by atoms with Crippen LogP contribution in [0.15, 0.2) is 11.7 Å². The molecule has 1 N–H and O–H groups in total. The second-order valence-corrected chi connectivity index (χ2v) is 6.13. The van der Waals surface area contributed by atoms with Crippen molar-refractivity contribution in [1.29, 1.82) is 0 Å². The van der Waals surface area contributed by atoms with Crippen molar-refractivity contribution >= 4 is 22.1 Å². The quantitative estimate of drug-likeness (QED) is 0.847. The van der Waals surface area contributed by atoms with E-state index in [0.717, 1.165) is 30.8 Å². The number of nitrogens with one attached hydrogen (secondary N) is 1. The molecule has 2 heterocycles. The average molecular weight is 230 g/mol. The lowest BCUT2D eigenvalue weighted by Gasteiger charge is -2.21. The number of rotatable bonds is 3. The molecule has 0 bridgehead atoms. The second kappa shape index (κ2) is 5.00. The highest BCUT2D eigenvalue weighted by molar-refractivity contribution is 7.85. The maximum absolute atomic E-state index is 11.9. The van der Waals surface area contributed by atoms with Gasteiger partial charge in [0.25, 0.3) is 0 Å². The lowest BCUT2D eigenvalue weighted by atomic mass is 10.2. The molecule has 0 amide bonds. The van der Waals surface area contributed by atoms with Crippen molar-refractivity contribution in [1.82, 2.24) is 10.3 Å². The first-order valence-corrected chi connectivity index (χ1v) is 7.07. The SMILES string of the molecule is O=S(Cc1cncs1)C1CCNCC1. The summed E-state index contributed by atoms with van der Waals surface area (Å²) in [6.45, 7) is 2.03. The number of nitrogens with zero attached hydrogens (tertiary/aromatic N) is 1. The summed E-state index contributed by atoms with van der Waals surface area (Å²) in [6, 6.07) is 0. The second-order valence-electron chi connectivity index (χ2n) is 3.44. The Balaban J connectivity index is 1.88. The Morgan fingerprint density at radius 3 is 3.00 bits per heavy atom. The predicted molar refractivity (Wildman–Crippen MR) is 59.9 cm³/mol. The van der Waals surface area contributed by atoms with Gasteiger partial charge in [0.2, 0.25) is 0 Å². The third-order valence-corrected chi connectivity index (χ3v) is 5.20. The number of aromatic nitrogens is 1. The van der Waals surface area contributed by atoms with Gasteiger partial charge in [-0.2, -0.15) is 0 Å². The van der Waals surface area contributed by atoms with Crippen molar-refractivity contribution in [3.05, 3.63) is 16.6 Å². The van der Waals surface area contributed by atoms with Crippen molar-refractivity contribution in [2.75, 3.05) is 13.1 Å². The molecule has 0 aromatic carbocycles. The van der Waals surface area contributed by atoms with Crippen molar-refractivity contribution in [2.24, 2.45) is 0 Å². The molecule has 78 valence electrons. The molecular formula is C9H14N2OS2. The fraction of sp³-hybridized carbons (Fsp3) is 0.667. The van der Waals surface area contributed by atoms with Crippen molar-refractivity contribution in [3.63, 3.8) is 0 Å². The summed E-state index contributed by atoms with van der Waals surface area (Å²) < 4.78 is 11.9. The Hall–Kier alpha value is -0.260. The fourth-order valence-corrected chi connectivity index (χ4v) is 3.98. The van der Waals surface area contributed by atoms with Gasteiger partial charge in [0.05, 0.1) is 11.3 Å². The Kier molecular flexibility index (Phi) is 3.67. The van der Waals surface area contributed by atoms with Crippen LogP contribution < -0.4 is 5.32 Å². The molecule has 14 heavy (non-hydrogen) atoms. The molecular weight excluding hydrogens is 216 g/mol. The van der Waals surface area contributed by atoms with Gasteiger partial charge in [-0.25, -0.2) is 0 Å². The molecule has 1 aromatic heterocycles. The van der Waals surface area contributed by atoms with Crippen LogP contribution >= 0.6 is 11.3 Å². The van der Waals surface area contributed by atoms with Gasteiger partial charge in [0.1, 0.15) is 0 Å². The molecule has 0 radical (unpaired) electrons. The van der Waals surface area contributed by atoms with Gasteiger partial charge >= 0.3 is 0 Å². The van der Waals surface area contributed by atoms with E-state index in [-0.39, 0.29) is 0 Å². The van der Waals surface area contributed by atoms with Crippen LogP contribution in [-0.2, 0) is 16.6 Å². The van der Waals surface area contributed by atoms with Crippen molar-refractivity contribution in [2.45, 2.75) is 23.8 Å². The highest BCUT2D eigenvalue weighted by Crippen LogP contribution is 2.16. The first-order chi connectivity index (χ1) is 6.86. The maximum atomic E-state index is 11.9. The van der Waals surface area contributed by atoms with E-state index in [1.165, 1.54) is 0 Å². The first kappa shape index (κ1) is 10.3. The molecule has 0 aliphatic carbocycles. The standard InChI is InChI=1S/C9H14N2OS2/c12-14(6-8-5-11-7-13-8)9-1-3-10-4-2-9/h5,7,9-10H,1-4,6H2. The molecule has 1 atom stereocenters. The summed E-state index contributed by atoms with van der Waals surface area (Å²) >= 11 is 1.60. The van der Waals surface area contributed by atoms with E-state index in [9.17, 15) is 4.21 Å². The minimum absolute atomic E-state index is 0.387. The van der Waals surface area contributed by atoms with Crippen LogP contribution in [0.1, 0.15) is 17.7 Å². The van der Waals surface area contributed by atoms with Crippen LogP contribution in [0.3, 0.4) is 0 Å². The molecule has 1 saturated heterocycles. The largest absolute Gasteiger partial charge is 0.317 e. The molecule has 3 nitrogen and oxygen atoms in total. The molecule has 1 aliphatic heterocycles. The first-order valence-electron chi connectivity index (χ1n) is 4.81. The summed E-state index contributed by atoms with van der Waals surface area (Å²) in [4.78, 5) is 5.13. The maximum Gasteiger partial charge on any atom is 0.0794 e. The molecule has 0 saturated carbocycles. The van der Waals surface area contributed by atoms with Crippen LogP contribution in [0.2, 0.25) is 0 Å². The zero-order valence-electron chi connectivity index (χ0n) is 7.94. The van der Waals surface area contributed by atoms with Crippen molar-refractivity contribution in [3.8, 4) is 0 Å². The Morgan fingerprint density at radius 2 is 2.36 bits per heavy atom. The minimum Gasteiger partial charge on any atom is -0.317 e. The van der Waals surface area contributed by atoms with E-state index in [2.05, 4.69) is 10.3 Å². The van der Waals surface area contributed by atoms with Crippen molar-refractivity contribution < 1.29 is 4.21 Å². The van der Waals surface area contributed by atoms with Crippen LogP contribution in [0.4, 0.5) is 0 Å². The number of piperidine rings is 1. The van der Waals surface area contributed by atoms with Crippen LogP contribution in [-0.4, -0.2) is 27.5 Å². The zero-order chi connectivity index (χ0) is 9.80.